The highest BCUT2D eigenvalue weighted by atomic mass is 35.5. The second-order valence-corrected chi connectivity index (χ2v) is 6.43. The molecule has 5 nitrogen and oxygen atoms in total. The number of hydrogen-bond donors (Lipinski definition) is 2. The van der Waals surface area contributed by atoms with E-state index in [1.807, 2.05) is 14.0 Å². The minimum absolute atomic E-state index is 0. The molecule has 1 aromatic carbocycles. The first-order valence-corrected chi connectivity index (χ1v) is 8.52. The number of amides is 1. The average molecular weight is 355 g/mol. The summed E-state index contributed by atoms with van der Waals surface area (Å²) in [4.78, 5) is 11.9. The Morgan fingerprint density at radius 1 is 1.42 bits per heavy atom. The van der Waals surface area contributed by atoms with Crippen LogP contribution in [0.25, 0.3) is 0 Å². The molecule has 2 aliphatic rings. The minimum Gasteiger partial charge on any atom is -0.494 e. The number of fused-ring (bicyclic) bond motifs is 1. The number of benzene rings is 1. The van der Waals surface area contributed by atoms with Gasteiger partial charge in [-0.15, -0.1) is 12.4 Å². The standard InChI is InChI=1S/C18H26N2O3.ClH/c1-4-22-17-8-12-7-11(2)23-16(12)10-14(17)13-9-15(13)20-18(21)5-6-19-3;/h8,10-11,13,15,19H,4-7,9H2,1-3H3,(H,20,21);1H. The van der Waals surface area contributed by atoms with Gasteiger partial charge in [0, 0.05) is 42.5 Å². The molecule has 0 radical (unpaired) electrons. The van der Waals surface area contributed by atoms with Crippen LogP contribution in [-0.4, -0.2) is 38.3 Å². The predicted octanol–water partition coefficient (Wildman–Crippen LogP) is 2.41. The number of carbonyl (C=O) groups excluding carboxylic acids is 1. The lowest BCUT2D eigenvalue weighted by molar-refractivity contribution is -0.121. The van der Waals surface area contributed by atoms with Crippen LogP contribution >= 0.6 is 12.4 Å². The highest BCUT2D eigenvalue weighted by Crippen LogP contribution is 2.48. The van der Waals surface area contributed by atoms with E-state index in [1.54, 1.807) is 0 Å². The van der Waals surface area contributed by atoms with Crippen molar-refractivity contribution in [2.75, 3.05) is 20.2 Å². The summed E-state index contributed by atoms with van der Waals surface area (Å²) in [7, 11) is 1.85. The SMILES string of the molecule is CCOc1cc2c(cc1C1CC1NC(=O)CCNC)OC(C)C2.Cl. The third-order valence-electron chi connectivity index (χ3n) is 4.47. The molecule has 1 amide bonds. The van der Waals surface area contributed by atoms with Gasteiger partial charge < -0.3 is 20.1 Å². The molecular formula is C18H27ClN2O3. The van der Waals surface area contributed by atoms with Crippen molar-refractivity contribution < 1.29 is 14.3 Å². The van der Waals surface area contributed by atoms with Crippen LogP contribution in [0.2, 0.25) is 0 Å². The second kappa shape index (κ2) is 8.08. The number of halogens is 1. The highest BCUT2D eigenvalue weighted by molar-refractivity contribution is 5.85. The Bertz CT molecular complexity index is 594. The molecule has 1 aromatic rings. The molecule has 3 rings (SSSR count). The molecule has 0 spiro atoms. The Morgan fingerprint density at radius 3 is 2.92 bits per heavy atom. The quantitative estimate of drug-likeness (QED) is 0.789. The first-order chi connectivity index (χ1) is 11.1. The van der Waals surface area contributed by atoms with Gasteiger partial charge in [0.05, 0.1) is 6.61 Å². The fraction of sp³-hybridized carbons (Fsp3) is 0.611. The maximum absolute atomic E-state index is 11.9. The zero-order chi connectivity index (χ0) is 16.4. The van der Waals surface area contributed by atoms with Crippen molar-refractivity contribution in [3.8, 4) is 11.5 Å². The van der Waals surface area contributed by atoms with Crippen LogP contribution in [0.4, 0.5) is 0 Å². The monoisotopic (exact) mass is 354 g/mol. The molecule has 1 aliphatic heterocycles. The maximum Gasteiger partial charge on any atom is 0.221 e. The van der Waals surface area contributed by atoms with Crippen molar-refractivity contribution in [2.45, 2.75) is 51.2 Å². The number of hydrogen-bond acceptors (Lipinski definition) is 4. The largest absolute Gasteiger partial charge is 0.494 e. The summed E-state index contributed by atoms with van der Waals surface area (Å²) in [5, 5.41) is 6.10. The topological polar surface area (TPSA) is 59.6 Å². The molecule has 3 unspecified atom stereocenters. The number of carbonyl (C=O) groups is 1. The van der Waals surface area contributed by atoms with Crippen LogP contribution < -0.4 is 20.1 Å². The molecule has 2 N–H and O–H groups in total. The Hall–Kier alpha value is -1.46. The van der Waals surface area contributed by atoms with Crippen molar-refractivity contribution in [1.82, 2.24) is 10.6 Å². The molecule has 6 heteroatoms. The molecule has 134 valence electrons. The van der Waals surface area contributed by atoms with Gasteiger partial charge in [-0.05, 0) is 39.4 Å². The van der Waals surface area contributed by atoms with Crippen LogP contribution in [0.5, 0.6) is 11.5 Å². The molecular weight excluding hydrogens is 328 g/mol. The first kappa shape index (κ1) is 18.9. The van der Waals surface area contributed by atoms with Crippen molar-refractivity contribution in [3.05, 3.63) is 23.3 Å². The average Bonchev–Trinajstić information content (AvgIpc) is 3.16. The lowest BCUT2D eigenvalue weighted by Gasteiger charge is -2.13. The van der Waals surface area contributed by atoms with Crippen LogP contribution in [0.1, 0.15) is 43.7 Å². The lowest BCUT2D eigenvalue weighted by atomic mass is 10.0. The van der Waals surface area contributed by atoms with Gasteiger partial charge in [-0.25, -0.2) is 0 Å². The van der Waals surface area contributed by atoms with Crippen LogP contribution in [-0.2, 0) is 11.2 Å². The van der Waals surface area contributed by atoms with Gasteiger partial charge in [0.25, 0.3) is 0 Å². The Morgan fingerprint density at radius 2 is 2.21 bits per heavy atom. The predicted molar refractivity (Wildman–Crippen MR) is 96.5 cm³/mol. The van der Waals surface area contributed by atoms with E-state index in [-0.39, 0.29) is 30.5 Å². The summed E-state index contributed by atoms with van der Waals surface area (Å²) >= 11 is 0. The zero-order valence-electron chi connectivity index (χ0n) is 14.6. The fourth-order valence-electron chi connectivity index (χ4n) is 3.24. The molecule has 0 bridgehead atoms. The maximum atomic E-state index is 11.9. The van der Waals surface area contributed by atoms with E-state index in [1.165, 1.54) is 11.1 Å². The Balaban J connectivity index is 0.00000208. The van der Waals surface area contributed by atoms with E-state index in [0.29, 0.717) is 25.5 Å². The van der Waals surface area contributed by atoms with Gasteiger partial charge in [-0.2, -0.15) is 0 Å². The van der Waals surface area contributed by atoms with E-state index >= 15 is 0 Å². The second-order valence-electron chi connectivity index (χ2n) is 6.43. The summed E-state index contributed by atoms with van der Waals surface area (Å²) in [6, 6.07) is 4.46. The summed E-state index contributed by atoms with van der Waals surface area (Å²) in [5.41, 5.74) is 2.39. The van der Waals surface area contributed by atoms with Gasteiger partial charge >= 0.3 is 0 Å². The van der Waals surface area contributed by atoms with Gasteiger partial charge in [0.15, 0.2) is 0 Å². The van der Waals surface area contributed by atoms with Gasteiger partial charge in [0.2, 0.25) is 5.91 Å². The van der Waals surface area contributed by atoms with E-state index in [9.17, 15) is 4.79 Å². The molecule has 0 saturated heterocycles. The van der Waals surface area contributed by atoms with E-state index in [2.05, 4.69) is 29.7 Å². The van der Waals surface area contributed by atoms with E-state index < -0.39 is 0 Å². The van der Waals surface area contributed by atoms with Crippen molar-refractivity contribution in [2.24, 2.45) is 0 Å². The lowest BCUT2D eigenvalue weighted by Crippen LogP contribution is -2.29. The van der Waals surface area contributed by atoms with E-state index in [4.69, 9.17) is 9.47 Å². The third kappa shape index (κ3) is 4.14. The summed E-state index contributed by atoms with van der Waals surface area (Å²) in [6.07, 6.45) is 2.65. The first-order valence-electron chi connectivity index (χ1n) is 8.52. The van der Waals surface area contributed by atoms with Gasteiger partial charge in [-0.1, -0.05) is 0 Å². The Labute approximate surface area is 149 Å². The van der Waals surface area contributed by atoms with Crippen LogP contribution in [0, 0.1) is 0 Å². The van der Waals surface area contributed by atoms with Crippen molar-refractivity contribution >= 4 is 18.3 Å². The van der Waals surface area contributed by atoms with E-state index in [0.717, 1.165) is 24.3 Å². The number of ether oxygens (including phenoxy) is 2. The van der Waals surface area contributed by atoms with Gasteiger partial charge in [0.1, 0.15) is 17.6 Å². The number of nitrogens with one attached hydrogen (secondary N) is 2. The molecule has 3 atom stereocenters. The van der Waals surface area contributed by atoms with Crippen molar-refractivity contribution in [3.63, 3.8) is 0 Å². The van der Waals surface area contributed by atoms with Crippen LogP contribution in [0.3, 0.4) is 0 Å². The number of rotatable bonds is 7. The summed E-state index contributed by atoms with van der Waals surface area (Å²) < 4.78 is 11.7. The molecule has 1 heterocycles. The minimum atomic E-state index is 0. The van der Waals surface area contributed by atoms with Gasteiger partial charge in [-0.3, -0.25) is 4.79 Å². The van der Waals surface area contributed by atoms with Crippen LogP contribution in [0.15, 0.2) is 12.1 Å². The third-order valence-corrected chi connectivity index (χ3v) is 4.47. The van der Waals surface area contributed by atoms with Crippen molar-refractivity contribution in [1.29, 1.82) is 0 Å². The zero-order valence-corrected chi connectivity index (χ0v) is 15.4. The summed E-state index contributed by atoms with van der Waals surface area (Å²) in [5.74, 6) is 2.36. The molecule has 0 aromatic heterocycles. The molecule has 1 fully saturated rings. The fourth-order valence-corrected chi connectivity index (χ4v) is 3.24. The molecule has 1 saturated carbocycles. The normalized spacial score (nSPS) is 23.7. The Kier molecular flexibility index (Phi) is 6.35. The molecule has 1 aliphatic carbocycles. The highest BCUT2D eigenvalue weighted by Gasteiger charge is 2.42. The molecule has 24 heavy (non-hydrogen) atoms. The summed E-state index contributed by atoms with van der Waals surface area (Å²) in [6.45, 7) is 5.44. The smallest absolute Gasteiger partial charge is 0.221 e.